The van der Waals surface area contributed by atoms with Gasteiger partial charge in [0.2, 0.25) is 0 Å². The highest BCUT2D eigenvalue weighted by Gasteiger charge is 2.19. The quantitative estimate of drug-likeness (QED) is 0.921. The van der Waals surface area contributed by atoms with E-state index in [4.69, 9.17) is 0 Å². The van der Waals surface area contributed by atoms with E-state index in [1.165, 1.54) is 0 Å². The lowest BCUT2D eigenvalue weighted by atomic mass is 9.97. The first-order valence-electron chi connectivity index (χ1n) is 7.47. The smallest absolute Gasteiger partial charge is 0.251 e. The first kappa shape index (κ1) is 16.0. The highest BCUT2D eigenvalue weighted by Crippen LogP contribution is 2.22. The zero-order valence-corrected chi connectivity index (χ0v) is 13.6. The fourth-order valence-corrected chi connectivity index (χ4v) is 2.34. The summed E-state index contributed by atoms with van der Waals surface area (Å²) >= 11 is 0. The van der Waals surface area contributed by atoms with Gasteiger partial charge < -0.3 is 10.2 Å². The maximum absolute atomic E-state index is 12.6. The van der Waals surface area contributed by atoms with Crippen molar-refractivity contribution in [1.29, 1.82) is 0 Å². The molecular weight excluding hydrogens is 274 g/mol. The van der Waals surface area contributed by atoms with Crippen molar-refractivity contribution in [3.05, 3.63) is 59.9 Å². The van der Waals surface area contributed by atoms with Crippen molar-refractivity contribution in [3.63, 3.8) is 0 Å². The molecule has 0 fully saturated rings. The van der Waals surface area contributed by atoms with Crippen molar-refractivity contribution in [2.75, 3.05) is 19.0 Å². The van der Waals surface area contributed by atoms with Gasteiger partial charge in [-0.1, -0.05) is 26.0 Å². The molecular formula is C18H23N3O. The second-order valence-corrected chi connectivity index (χ2v) is 5.93. The number of hydrogen-bond donors (Lipinski definition) is 1. The Hall–Kier alpha value is -2.36. The lowest BCUT2D eigenvalue weighted by molar-refractivity contribution is 0.0925. The van der Waals surface area contributed by atoms with Crippen LogP contribution in [0.15, 0.2) is 48.8 Å². The van der Waals surface area contributed by atoms with Crippen molar-refractivity contribution < 1.29 is 4.79 Å². The summed E-state index contributed by atoms with van der Waals surface area (Å²) in [7, 11) is 3.92. The van der Waals surface area contributed by atoms with Gasteiger partial charge in [0.15, 0.2) is 0 Å². The zero-order valence-electron chi connectivity index (χ0n) is 13.6. The summed E-state index contributed by atoms with van der Waals surface area (Å²) in [6.07, 6.45) is 3.55. The average Bonchev–Trinajstić information content (AvgIpc) is 2.53. The normalized spacial score (nSPS) is 12.0. The molecule has 1 atom stereocenters. The van der Waals surface area contributed by atoms with E-state index in [1.54, 1.807) is 12.4 Å². The Balaban J connectivity index is 2.20. The second kappa shape index (κ2) is 7.07. The van der Waals surface area contributed by atoms with Gasteiger partial charge in [-0.3, -0.25) is 9.78 Å². The summed E-state index contributed by atoms with van der Waals surface area (Å²) in [5, 5.41) is 3.12. The van der Waals surface area contributed by atoms with Crippen LogP contribution in [0, 0.1) is 5.92 Å². The number of rotatable bonds is 5. The van der Waals surface area contributed by atoms with Crippen LogP contribution in [0.4, 0.5) is 5.69 Å². The minimum atomic E-state index is -0.0637. The van der Waals surface area contributed by atoms with E-state index >= 15 is 0 Å². The first-order valence-corrected chi connectivity index (χ1v) is 7.47. The summed E-state index contributed by atoms with van der Waals surface area (Å²) in [5.41, 5.74) is 2.70. The number of carbonyl (C=O) groups is 1. The summed E-state index contributed by atoms with van der Waals surface area (Å²) in [6, 6.07) is 11.5. The largest absolute Gasteiger partial charge is 0.378 e. The predicted molar refractivity (Wildman–Crippen MR) is 90.1 cm³/mol. The predicted octanol–water partition coefficient (Wildman–Crippen LogP) is 3.27. The van der Waals surface area contributed by atoms with Gasteiger partial charge in [-0.05, 0) is 35.7 Å². The van der Waals surface area contributed by atoms with Gasteiger partial charge in [0, 0.05) is 37.7 Å². The van der Waals surface area contributed by atoms with Crippen LogP contribution in [0.3, 0.4) is 0 Å². The maximum atomic E-state index is 12.6. The summed E-state index contributed by atoms with van der Waals surface area (Å²) in [6.45, 7) is 4.18. The molecule has 2 rings (SSSR count). The van der Waals surface area contributed by atoms with Crippen LogP contribution >= 0.6 is 0 Å². The van der Waals surface area contributed by atoms with Crippen LogP contribution < -0.4 is 10.2 Å². The SMILES string of the molecule is CC(C)[C@@H](NC(=O)c1cccc(N(C)C)c1)c1cccnc1. The van der Waals surface area contributed by atoms with E-state index in [-0.39, 0.29) is 17.9 Å². The Kier molecular flexibility index (Phi) is 5.15. The Morgan fingerprint density at radius 3 is 2.55 bits per heavy atom. The molecule has 4 heteroatoms. The number of amides is 1. The van der Waals surface area contributed by atoms with Crippen molar-refractivity contribution in [3.8, 4) is 0 Å². The van der Waals surface area contributed by atoms with Gasteiger partial charge in [-0.15, -0.1) is 0 Å². The maximum Gasteiger partial charge on any atom is 0.251 e. The van der Waals surface area contributed by atoms with Crippen LogP contribution in [0.1, 0.15) is 35.8 Å². The van der Waals surface area contributed by atoms with Gasteiger partial charge in [0.05, 0.1) is 6.04 Å². The topological polar surface area (TPSA) is 45.2 Å². The summed E-state index contributed by atoms with van der Waals surface area (Å²) in [5.74, 6) is 0.219. The van der Waals surface area contributed by atoms with Gasteiger partial charge in [-0.2, -0.15) is 0 Å². The number of nitrogens with zero attached hydrogens (tertiary/aromatic N) is 2. The fourth-order valence-electron chi connectivity index (χ4n) is 2.34. The Labute approximate surface area is 132 Å². The zero-order chi connectivity index (χ0) is 16.1. The molecule has 1 amide bonds. The van der Waals surface area contributed by atoms with Crippen LogP contribution in [0.2, 0.25) is 0 Å². The second-order valence-electron chi connectivity index (χ2n) is 5.93. The molecule has 1 aromatic heterocycles. The number of benzene rings is 1. The first-order chi connectivity index (χ1) is 10.5. The third-order valence-electron chi connectivity index (χ3n) is 3.62. The van der Waals surface area contributed by atoms with Gasteiger partial charge in [0.1, 0.15) is 0 Å². The number of aromatic nitrogens is 1. The van der Waals surface area contributed by atoms with Crippen LogP contribution in [0.5, 0.6) is 0 Å². The van der Waals surface area contributed by atoms with Crippen LogP contribution in [-0.4, -0.2) is 25.0 Å². The Morgan fingerprint density at radius 1 is 1.18 bits per heavy atom. The van der Waals surface area contributed by atoms with E-state index in [2.05, 4.69) is 24.1 Å². The number of hydrogen-bond acceptors (Lipinski definition) is 3. The lowest BCUT2D eigenvalue weighted by Gasteiger charge is -2.23. The molecule has 0 saturated heterocycles. The van der Waals surface area contributed by atoms with E-state index in [0.717, 1.165) is 11.3 Å². The molecule has 1 aromatic carbocycles. The molecule has 0 bridgehead atoms. The van der Waals surface area contributed by atoms with E-state index in [1.807, 2.05) is 55.4 Å². The number of nitrogens with one attached hydrogen (secondary N) is 1. The molecule has 4 nitrogen and oxygen atoms in total. The molecule has 1 heterocycles. The summed E-state index contributed by atoms with van der Waals surface area (Å²) in [4.78, 5) is 18.7. The molecule has 0 aliphatic carbocycles. The van der Waals surface area contributed by atoms with Gasteiger partial charge in [0.25, 0.3) is 5.91 Å². The third kappa shape index (κ3) is 3.85. The Bertz CT molecular complexity index is 623. The summed E-state index contributed by atoms with van der Waals surface area (Å²) < 4.78 is 0. The van der Waals surface area contributed by atoms with Crippen LogP contribution in [-0.2, 0) is 0 Å². The van der Waals surface area contributed by atoms with Crippen molar-refractivity contribution in [1.82, 2.24) is 10.3 Å². The molecule has 116 valence electrons. The highest BCUT2D eigenvalue weighted by atomic mass is 16.1. The number of anilines is 1. The third-order valence-corrected chi connectivity index (χ3v) is 3.62. The molecule has 0 spiro atoms. The minimum Gasteiger partial charge on any atom is -0.378 e. The minimum absolute atomic E-state index is 0.0517. The molecule has 2 aromatic rings. The molecule has 0 saturated carbocycles. The van der Waals surface area contributed by atoms with Gasteiger partial charge in [-0.25, -0.2) is 0 Å². The number of pyridine rings is 1. The monoisotopic (exact) mass is 297 g/mol. The highest BCUT2D eigenvalue weighted by molar-refractivity contribution is 5.95. The van der Waals surface area contributed by atoms with Crippen LogP contribution in [0.25, 0.3) is 0 Å². The fraction of sp³-hybridized carbons (Fsp3) is 0.333. The molecule has 0 aliphatic heterocycles. The Morgan fingerprint density at radius 2 is 1.95 bits per heavy atom. The standard InChI is InChI=1S/C18H23N3O/c1-13(2)17(15-8-6-10-19-12-15)20-18(22)14-7-5-9-16(11-14)21(3)4/h5-13,17H,1-4H3,(H,20,22)/t17-/m1/s1. The van der Waals surface area contributed by atoms with Gasteiger partial charge >= 0.3 is 0 Å². The average molecular weight is 297 g/mol. The van der Waals surface area contributed by atoms with Crippen molar-refractivity contribution in [2.24, 2.45) is 5.92 Å². The number of carbonyl (C=O) groups excluding carboxylic acids is 1. The molecule has 1 N–H and O–H groups in total. The molecule has 22 heavy (non-hydrogen) atoms. The van der Waals surface area contributed by atoms with Crippen molar-refractivity contribution >= 4 is 11.6 Å². The van der Waals surface area contributed by atoms with Crippen molar-refractivity contribution in [2.45, 2.75) is 19.9 Å². The van der Waals surface area contributed by atoms with E-state index in [0.29, 0.717) is 5.56 Å². The molecule has 0 radical (unpaired) electrons. The van der Waals surface area contributed by atoms with E-state index in [9.17, 15) is 4.79 Å². The molecule has 0 aliphatic rings. The lowest BCUT2D eigenvalue weighted by Crippen LogP contribution is -2.31. The molecule has 0 unspecified atom stereocenters. The van der Waals surface area contributed by atoms with E-state index < -0.39 is 0 Å².